The van der Waals surface area contributed by atoms with Crippen LogP contribution in [0, 0.1) is 5.82 Å². The molecule has 16 heavy (non-hydrogen) atoms. The second kappa shape index (κ2) is 7.41. The lowest BCUT2D eigenvalue weighted by Gasteiger charge is -2.02. The number of carbonyl (C=O) groups excluding carboxylic acids is 1. The minimum Gasteiger partial charge on any atom is -0.374 e. The fourth-order valence-electron chi connectivity index (χ4n) is 1.09. The fraction of sp³-hybridized carbons (Fsp3) is 0.417. The molecule has 0 aliphatic carbocycles. The number of hydrogen-bond acceptors (Lipinski definition) is 3. The van der Waals surface area contributed by atoms with E-state index in [2.05, 4.69) is 0 Å². The van der Waals surface area contributed by atoms with Gasteiger partial charge in [-0.05, 0) is 24.6 Å². The molecule has 0 aromatic heterocycles. The van der Waals surface area contributed by atoms with Crippen LogP contribution in [-0.2, 0) is 9.53 Å². The second-order valence-corrected chi connectivity index (χ2v) is 4.39. The molecule has 2 nitrogen and oxygen atoms in total. The molecular formula is C12H15FO2S. The molecule has 0 saturated heterocycles. The van der Waals surface area contributed by atoms with Gasteiger partial charge in [-0.15, -0.1) is 11.8 Å². The topological polar surface area (TPSA) is 26.3 Å². The summed E-state index contributed by atoms with van der Waals surface area (Å²) in [5.41, 5.74) is 0. The third-order valence-electron chi connectivity index (χ3n) is 1.81. The first kappa shape index (κ1) is 13.2. The fourth-order valence-corrected chi connectivity index (χ4v) is 1.87. The Morgan fingerprint density at radius 1 is 1.50 bits per heavy atom. The molecule has 1 aromatic carbocycles. The summed E-state index contributed by atoms with van der Waals surface area (Å²) < 4.78 is 17.9. The van der Waals surface area contributed by atoms with Crippen molar-refractivity contribution in [1.29, 1.82) is 0 Å². The highest BCUT2D eigenvalue weighted by molar-refractivity contribution is 8.00. The van der Waals surface area contributed by atoms with E-state index in [9.17, 15) is 9.18 Å². The van der Waals surface area contributed by atoms with Crippen LogP contribution >= 0.6 is 11.8 Å². The Balaban J connectivity index is 2.26. The highest BCUT2D eigenvalue weighted by Crippen LogP contribution is 2.18. The van der Waals surface area contributed by atoms with E-state index in [1.54, 1.807) is 12.1 Å². The number of halogens is 1. The number of carbonyl (C=O) groups is 1. The maximum atomic E-state index is 12.8. The first-order valence-electron chi connectivity index (χ1n) is 5.20. The molecule has 0 saturated carbocycles. The zero-order valence-electron chi connectivity index (χ0n) is 9.24. The van der Waals surface area contributed by atoms with Crippen molar-refractivity contribution in [1.82, 2.24) is 0 Å². The Hall–Kier alpha value is -0.870. The monoisotopic (exact) mass is 242 g/mol. The normalized spacial score (nSPS) is 10.4. The third kappa shape index (κ3) is 5.28. The van der Waals surface area contributed by atoms with Crippen molar-refractivity contribution < 1.29 is 13.9 Å². The van der Waals surface area contributed by atoms with Gasteiger partial charge in [0, 0.05) is 11.5 Å². The summed E-state index contributed by atoms with van der Waals surface area (Å²) >= 11 is 1.33. The molecule has 0 aliphatic heterocycles. The largest absolute Gasteiger partial charge is 0.374 e. The van der Waals surface area contributed by atoms with Crippen molar-refractivity contribution in [2.24, 2.45) is 0 Å². The van der Waals surface area contributed by atoms with Gasteiger partial charge in [0.05, 0.1) is 5.75 Å². The van der Waals surface area contributed by atoms with Crippen LogP contribution in [0.5, 0.6) is 0 Å². The summed E-state index contributed by atoms with van der Waals surface area (Å²) in [4.78, 5) is 12.1. The van der Waals surface area contributed by atoms with E-state index in [-0.39, 0.29) is 18.2 Å². The smallest absolute Gasteiger partial charge is 0.168 e. The summed E-state index contributed by atoms with van der Waals surface area (Å²) in [6, 6.07) is 6.23. The van der Waals surface area contributed by atoms with Gasteiger partial charge >= 0.3 is 0 Å². The molecule has 0 aliphatic rings. The molecule has 88 valence electrons. The molecule has 1 aromatic rings. The Kier molecular flexibility index (Phi) is 6.11. The predicted molar refractivity (Wildman–Crippen MR) is 63.2 cm³/mol. The molecule has 0 fully saturated rings. The Labute approximate surface area is 99.2 Å². The van der Waals surface area contributed by atoms with Gasteiger partial charge in [-0.1, -0.05) is 13.0 Å². The van der Waals surface area contributed by atoms with Gasteiger partial charge in [-0.25, -0.2) is 4.39 Å². The molecular weight excluding hydrogens is 227 g/mol. The average molecular weight is 242 g/mol. The summed E-state index contributed by atoms with van der Waals surface area (Å²) in [6.45, 7) is 2.75. The predicted octanol–water partition coefficient (Wildman–Crippen LogP) is 2.91. The van der Waals surface area contributed by atoms with Crippen molar-refractivity contribution in [2.45, 2.75) is 18.2 Å². The number of benzene rings is 1. The van der Waals surface area contributed by atoms with Crippen LogP contribution in [0.3, 0.4) is 0 Å². The Bertz CT molecular complexity index is 342. The number of Topliss-reactive ketones (excluding diaryl/α,β-unsaturated/α-hetero) is 1. The zero-order valence-corrected chi connectivity index (χ0v) is 10.1. The van der Waals surface area contributed by atoms with Crippen LogP contribution in [0.2, 0.25) is 0 Å². The number of hydrogen-bond donors (Lipinski definition) is 0. The van der Waals surface area contributed by atoms with Crippen molar-refractivity contribution in [3.8, 4) is 0 Å². The molecule has 0 bridgehead atoms. The van der Waals surface area contributed by atoms with Gasteiger partial charge in [-0.3, -0.25) is 4.79 Å². The van der Waals surface area contributed by atoms with E-state index in [4.69, 9.17) is 4.74 Å². The van der Waals surface area contributed by atoms with Crippen LogP contribution in [-0.4, -0.2) is 24.7 Å². The van der Waals surface area contributed by atoms with Gasteiger partial charge in [0.1, 0.15) is 12.4 Å². The minimum absolute atomic E-state index is 0.0303. The van der Waals surface area contributed by atoms with Crippen molar-refractivity contribution in [3.05, 3.63) is 30.1 Å². The standard InChI is InChI=1S/C12H15FO2S/c1-2-6-15-8-11(14)9-16-12-5-3-4-10(13)7-12/h3-5,7H,2,6,8-9H2,1H3. The van der Waals surface area contributed by atoms with E-state index in [1.165, 1.54) is 23.9 Å². The molecule has 0 atom stereocenters. The summed E-state index contributed by atoms with van der Waals surface area (Å²) in [5.74, 6) is 0.0788. The molecule has 4 heteroatoms. The molecule has 0 heterocycles. The first-order chi connectivity index (χ1) is 7.72. The first-order valence-corrected chi connectivity index (χ1v) is 6.18. The lowest BCUT2D eigenvalue weighted by atomic mass is 10.4. The van der Waals surface area contributed by atoms with E-state index in [0.717, 1.165) is 11.3 Å². The molecule has 0 radical (unpaired) electrons. The number of ether oxygens (including phenoxy) is 1. The Morgan fingerprint density at radius 2 is 2.31 bits per heavy atom. The SMILES string of the molecule is CCCOCC(=O)CSc1cccc(F)c1. The van der Waals surface area contributed by atoms with Gasteiger partial charge < -0.3 is 4.74 Å². The number of rotatable bonds is 7. The summed E-state index contributed by atoms with van der Waals surface area (Å²) in [6.07, 6.45) is 0.907. The van der Waals surface area contributed by atoms with Gasteiger partial charge in [0.25, 0.3) is 0 Å². The molecule has 0 N–H and O–H groups in total. The lowest BCUT2D eigenvalue weighted by molar-refractivity contribution is -0.121. The summed E-state index contributed by atoms with van der Waals surface area (Å²) in [7, 11) is 0. The van der Waals surface area contributed by atoms with Crippen molar-refractivity contribution in [2.75, 3.05) is 19.0 Å². The van der Waals surface area contributed by atoms with Crippen LogP contribution in [0.1, 0.15) is 13.3 Å². The Morgan fingerprint density at radius 3 is 3.00 bits per heavy atom. The van der Waals surface area contributed by atoms with Gasteiger partial charge in [0.15, 0.2) is 5.78 Å². The number of ketones is 1. The van der Waals surface area contributed by atoms with E-state index >= 15 is 0 Å². The molecule has 0 amide bonds. The maximum absolute atomic E-state index is 12.8. The molecule has 0 spiro atoms. The highest BCUT2D eigenvalue weighted by atomic mass is 32.2. The van der Waals surface area contributed by atoms with E-state index in [1.807, 2.05) is 6.92 Å². The van der Waals surface area contributed by atoms with Crippen LogP contribution in [0.15, 0.2) is 29.2 Å². The van der Waals surface area contributed by atoms with Crippen LogP contribution in [0.25, 0.3) is 0 Å². The third-order valence-corrected chi connectivity index (χ3v) is 2.86. The zero-order chi connectivity index (χ0) is 11.8. The van der Waals surface area contributed by atoms with Crippen LogP contribution in [0.4, 0.5) is 4.39 Å². The highest BCUT2D eigenvalue weighted by Gasteiger charge is 2.03. The molecule has 1 rings (SSSR count). The van der Waals surface area contributed by atoms with Gasteiger partial charge in [-0.2, -0.15) is 0 Å². The van der Waals surface area contributed by atoms with Crippen LogP contribution < -0.4 is 0 Å². The van der Waals surface area contributed by atoms with Crippen molar-refractivity contribution >= 4 is 17.5 Å². The minimum atomic E-state index is -0.278. The maximum Gasteiger partial charge on any atom is 0.168 e. The molecule has 0 unspecified atom stereocenters. The van der Waals surface area contributed by atoms with E-state index in [0.29, 0.717) is 12.4 Å². The average Bonchev–Trinajstić information content (AvgIpc) is 2.27. The lowest BCUT2D eigenvalue weighted by Crippen LogP contribution is -2.11. The van der Waals surface area contributed by atoms with E-state index < -0.39 is 0 Å². The summed E-state index contributed by atoms with van der Waals surface area (Å²) in [5, 5.41) is 0. The quantitative estimate of drug-likeness (QED) is 0.543. The van der Waals surface area contributed by atoms with Gasteiger partial charge in [0.2, 0.25) is 0 Å². The van der Waals surface area contributed by atoms with Crippen molar-refractivity contribution in [3.63, 3.8) is 0 Å². The second-order valence-electron chi connectivity index (χ2n) is 3.34. The number of thioether (sulfide) groups is 1.